The summed E-state index contributed by atoms with van der Waals surface area (Å²) in [7, 11) is 2.14. The Morgan fingerprint density at radius 1 is 1.77 bits per heavy atom. The number of rotatable bonds is 3. The molecule has 2 nitrogen and oxygen atoms in total. The Kier molecular flexibility index (Phi) is 4.01. The standard InChI is InChI=1S/C11H18N2/c1-4-10(2)12-9-11-5-7-13(3)8-6-11/h1,5,10,12H,6-9H2,2-3H3. The molecule has 13 heavy (non-hydrogen) atoms. The van der Waals surface area contributed by atoms with Gasteiger partial charge in [-0.25, -0.2) is 0 Å². The summed E-state index contributed by atoms with van der Waals surface area (Å²) in [6.45, 7) is 5.19. The van der Waals surface area contributed by atoms with Crippen molar-refractivity contribution in [1.82, 2.24) is 10.2 Å². The van der Waals surface area contributed by atoms with Gasteiger partial charge in [0, 0.05) is 19.6 Å². The molecule has 0 saturated carbocycles. The molecule has 0 aromatic rings. The largest absolute Gasteiger partial charge is 0.302 e. The van der Waals surface area contributed by atoms with Gasteiger partial charge in [-0.2, -0.15) is 0 Å². The molecule has 1 unspecified atom stereocenters. The van der Waals surface area contributed by atoms with Crippen molar-refractivity contribution in [2.24, 2.45) is 0 Å². The van der Waals surface area contributed by atoms with Crippen molar-refractivity contribution in [3.05, 3.63) is 11.6 Å². The smallest absolute Gasteiger partial charge is 0.0660 e. The second-order valence-electron chi connectivity index (χ2n) is 3.64. The minimum Gasteiger partial charge on any atom is -0.302 e. The fourth-order valence-corrected chi connectivity index (χ4v) is 1.32. The number of likely N-dealkylation sites (N-methyl/N-ethyl adjacent to an activating group) is 1. The highest BCUT2D eigenvalue weighted by molar-refractivity contribution is 5.10. The minimum absolute atomic E-state index is 0.181. The van der Waals surface area contributed by atoms with Crippen LogP contribution in [0.4, 0.5) is 0 Å². The molecular formula is C11H18N2. The normalized spacial score (nSPS) is 20.5. The summed E-state index contributed by atoms with van der Waals surface area (Å²) in [6.07, 6.45) is 8.73. The van der Waals surface area contributed by atoms with Gasteiger partial charge in [0.2, 0.25) is 0 Å². The summed E-state index contributed by atoms with van der Waals surface area (Å²) >= 11 is 0. The molecule has 2 heteroatoms. The Bertz CT molecular complexity index is 225. The van der Waals surface area contributed by atoms with Gasteiger partial charge in [-0.15, -0.1) is 6.42 Å². The van der Waals surface area contributed by atoms with E-state index in [0.717, 1.165) is 19.6 Å². The van der Waals surface area contributed by atoms with Crippen LogP contribution in [-0.4, -0.2) is 37.6 Å². The number of hydrogen-bond acceptors (Lipinski definition) is 2. The lowest BCUT2D eigenvalue weighted by Gasteiger charge is -2.22. The summed E-state index contributed by atoms with van der Waals surface area (Å²) in [4.78, 5) is 2.31. The third-order valence-corrected chi connectivity index (χ3v) is 2.39. The van der Waals surface area contributed by atoms with Gasteiger partial charge in [0.15, 0.2) is 0 Å². The van der Waals surface area contributed by atoms with Crippen molar-refractivity contribution in [3.63, 3.8) is 0 Å². The molecule has 1 N–H and O–H groups in total. The Morgan fingerprint density at radius 3 is 3.08 bits per heavy atom. The average molecular weight is 178 g/mol. The first-order chi connectivity index (χ1) is 6.22. The summed E-state index contributed by atoms with van der Waals surface area (Å²) < 4.78 is 0. The SMILES string of the molecule is C#CC(C)NCC1=CCN(C)CC1. The van der Waals surface area contributed by atoms with Crippen molar-refractivity contribution < 1.29 is 0 Å². The topological polar surface area (TPSA) is 15.3 Å². The monoisotopic (exact) mass is 178 g/mol. The third kappa shape index (κ3) is 3.63. The number of nitrogens with zero attached hydrogens (tertiary/aromatic N) is 1. The third-order valence-electron chi connectivity index (χ3n) is 2.39. The van der Waals surface area contributed by atoms with Crippen LogP contribution in [0.2, 0.25) is 0 Å². The average Bonchev–Trinajstić information content (AvgIpc) is 2.16. The van der Waals surface area contributed by atoms with E-state index in [0.29, 0.717) is 0 Å². The van der Waals surface area contributed by atoms with Gasteiger partial charge < -0.3 is 10.2 Å². The molecule has 1 rings (SSSR count). The maximum absolute atomic E-state index is 5.27. The molecule has 0 aromatic carbocycles. The van der Waals surface area contributed by atoms with E-state index in [1.54, 1.807) is 0 Å². The van der Waals surface area contributed by atoms with E-state index in [4.69, 9.17) is 6.42 Å². The van der Waals surface area contributed by atoms with Crippen LogP contribution in [0.15, 0.2) is 11.6 Å². The Morgan fingerprint density at radius 2 is 2.54 bits per heavy atom. The molecule has 0 fully saturated rings. The van der Waals surface area contributed by atoms with Crippen molar-refractivity contribution >= 4 is 0 Å². The van der Waals surface area contributed by atoms with Crippen LogP contribution in [0.1, 0.15) is 13.3 Å². The van der Waals surface area contributed by atoms with Crippen molar-refractivity contribution in [1.29, 1.82) is 0 Å². The number of hydrogen-bond donors (Lipinski definition) is 1. The zero-order valence-electron chi connectivity index (χ0n) is 8.51. The van der Waals surface area contributed by atoms with Crippen LogP contribution in [-0.2, 0) is 0 Å². The number of terminal acetylenes is 1. The predicted octanol–water partition coefficient (Wildman–Crippen LogP) is 0.860. The molecule has 0 aromatic heterocycles. The van der Waals surface area contributed by atoms with Gasteiger partial charge in [-0.1, -0.05) is 17.6 Å². The molecule has 1 heterocycles. The van der Waals surface area contributed by atoms with Gasteiger partial charge in [0.1, 0.15) is 0 Å². The summed E-state index contributed by atoms with van der Waals surface area (Å²) in [5.74, 6) is 2.66. The highest BCUT2D eigenvalue weighted by Gasteiger charge is 2.07. The molecule has 0 aliphatic carbocycles. The van der Waals surface area contributed by atoms with Crippen LogP contribution >= 0.6 is 0 Å². The zero-order chi connectivity index (χ0) is 9.68. The fraction of sp³-hybridized carbons (Fsp3) is 0.636. The molecule has 1 aliphatic heterocycles. The summed E-state index contributed by atoms with van der Waals surface area (Å²) in [5, 5.41) is 3.29. The Labute approximate surface area is 81.0 Å². The molecule has 0 amide bonds. The summed E-state index contributed by atoms with van der Waals surface area (Å²) in [6, 6.07) is 0.181. The maximum Gasteiger partial charge on any atom is 0.0660 e. The maximum atomic E-state index is 5.27. The first kappa shape index (κ1) is 10.3. The minimum atomic E-state index is 0.181. The quantitative estimate of drug-likeness (QED) is 0.509. The molecule has 1 aliphatic rings. The zero-order valence-corrected chi connectivity index (χ0v) is 8.51. The van der Waals surface area contributed by atoms with Crippen molar-refractivity contribution in [2.75, 3.05) is 26.7 Å². The first-order valence-electron chi connectivity index (χ1n) is 4.78. The fourth-order valence-electron chi connectivity index (χ4n) is 1.32. The van der Waals surface area contributed by atoms with Gasteiger partial charge in [-0.05, 0) is 20.4 Å². The Balaban J connectivity index is 2.27. The van der Waals surface area contributed by atoms with Gasteiger partial charge in [0.05, 0.1) is 6.04 Å². The van der Waals surface area contributed by atoms with Crippen LogP contribution in [0.5, 0.6) is 0 Å². The second kappa shape index (κ2) is 5.06. The van der Waals surface area contributed by atoms with E-state index in [1.165, 1.54) is 12.0 Å². The highest BCUT2D eigenvalue weighted by atomic mass is 15.1. The Hall–Kier alpha value is -0.780. The van der Waals surface area contributed by atoms with Gasteiger partial charge in [-0.3, -0.25) is 0 Å². The molecule has 72 valence electrons. The molecule has 1 atom stereocenters. The number of nitrogens with one attached hydrogen (secondary N) is 1. The van der Waals surface area contributed by atoms with Crippen LogP contribution in [0.25, 0.3) is 0 Å². The first-order valence-corrected chi connectivity index (χ1v) is 4.78. The van der Waals surface area contributed by atoms with Crippen LogP contribution in [0.3, 0.4) is 0 Å². The van der Waals surface area contributed by atoms with E-state index >= 15 is 0 Å². The molecule has 0 saturated heterocycles. The van der Waals surface area contributed by atoms with Gasteiger partial charge in [0.25, 0.3) is 0 Å². The van der Waals surface area contributed by atoms with Gasteiger partial charge >= 0.3 is 0 Å². The summed E-state index contributed by atoms with van der Waals surface area (Å²) in [5.41, 5.74) is 1.49. The lowest BCUT2D eigenvalue weighted by Crippen LogP contribution is -2.31. The lowest BCUT2D eigenvalue weighted by molar-refractivity contribution is 0.356. The van der Waals surface area contributed by atoms with E-state index in [2.05, 4.69) is 29.3 Å². The van der Waals surface area contributed by atoms with Crippen LogP contribution < -0.4 is 5.32 Å². The second-order valence-corrected chi connectivity index (χ2v) is 3.64. The van der Waals surface area contributed by atoms with Crippen LogP contribution in [0, 0.1) is 12.3 Å². The predicted molar refractivity (Wildman–Crippen MR) is 56.5 cm³/mol. The molecular weight excluding hydrogens is 160 g/mol. The molecule has 0 bridgehead atoms. The lowest BCUT2D eigenvalue weighted by atomic mass is 10.1. The van der Waals surface area contributed by atoms with Crippen molar-refractivity contribution in [3.8, 4) is 12.3 Å². The van der Waals surface area contributed by atoms with E-state index in [1.807, 2.05) is 6.92 Å². The van der Waals surface area contributed by atoms with E-state index in [9.17, 15) is 0 Å². The van der Waals surface area contributed by atoms with E-state index in [-0.39, 0.29) is 6.04 Å². The molecule has 0 spiro atoms. The van der Waals surface area contributed by atoms with Crippen molar-refractivity contribution in [2.45, 2.75) is 19.4 Å². The molecule has 0 radical (unpaired) electrons. The van der Waals surface area contributed by atoms with E-state index < -0.39 is 0 Å². The highest BCUT2D eigenvalue weighted by Crippen LogP contribution is 2.07.